The lowest BCUT2D eigenvalue weighted by Gasteiger charge is -2.27. The van der Waals surface area contributed by atoms with Crippen molar-refractivity contribution < 1.29 is 9.59 Å². The van der Waals surface area contributed by atoms with Crippen molar-refractivity contribution in [3.8, 4) is 0 Å². The summed E-state index contributed by atoms with van der Waals surface area (Å²) in [7, 11) is 0. The van der Waals surface area contributed by atoms with Gasteiger partial charge in [0.15, 0.2) is 5.82 Å². The summed E-state index contributed by atoms with van der Waals surface area (Å²) < 4.78 is 1.66. The number of aryl methyl sites for hydroxylation is 1. The van der Waals surface area contributed by atoms with Gasteiger partial charge in [-0.05, 0) is 55.7 Å². The van der Waals surface area contributed by atoms with Crippen molar-refractivity contribution in [1.82, 2.24) is 9.55 Å². The van der Waals surface area contributed by atoms with Crippen molar-refractivity contribution in [3.05, 3.63) is 58.9 Å². The van der Waals surface area contributed by atoms with Crippen LogP contribution in [0.3, 0.4) is 0 Å². The summed E-state index contributed by atoms with van der Waals surface area (Å²) in [6.07, 6.45) is 3.43. The van der Waals surface area contributed by atoms with Crippen LogP contribution in [0.5, 0.6) is 0 Å². The molecule has 2 amide bonds. The highest BCUT2D eigenvalue weighted by molar-refractivity contribution is 5.92. The second kappa shape index (κ2) is 9.64. The molecule has 8 nitrogen and oxygen atoms in total. The molecule has 2 aromatic carbocycles. The van der Waals surface area contributed by atoms with E-state index in [9.17, 15) is 14.4 Å². The van der Waals surface area contributed by atoms with Crippen LogP contribution in [0, 0.1) is 0 Å². The monoisotopic (exact) mass is 433 g/mol. The van der Waals surface area contributed by atoms with Gasteiger partial charge in [-0.15, -0.1) is 0 Å². The largest absolute Gasteiger partial charge is 0.352 e. The minimum Gasteiger partial charge on any atom is -0.352 e. The highest BCUT2D eigenvalue weighted by Gasteiger charge is 2.19. The van der Waals surface area contributed by atoms with Crippen LogP contribution in [0.4, 0.5) is 17.2 Å². The topological polar surface area (TPSA) is 96.3 Å². The lowest BCUT2D eigenvalue weighted by Crippen LogP contribution is -2.37. The number of hydrogen-bond acceptors (Lipinski definition) is 5. The van der Waals surface area contributed by atoms with Gasteiger partial charge in [-0.1, -0.05) is 12.1 Å². The van der Waals surface area contributed by atoms with Gasteiger partial charge in [-0.25, -0.2) is 4.98 Å². The van der Waals surface area contributed by atoms with Gasteiger partial charge in [0.2, 0.25) is 11.8 Å². The van der Waals surface area contributed by atoms with Crippen molar-refractivity contribution in [2.75, 3.05) is 28.6 Å². The second-order valence-electron chi connectivity index (χ2n) is 7.99. The van der Waals surface area contributed by atoms with Gasteiger partial charge in [-0.3, -0.25) is 14.4 Å². The lowest BCUT2D eigenvalue weighted by molar-refractivity contribution is -0.116. The van der Waals surface area contributed by atoms with E-state index < -0.39 is 0 Å². The molecule has 0 aliphatic carbocycles. The van der Waals surface area contributed by atoms with Gasteiger partial charge < -0.3 is 20.1 Å². The molecule has 2 N–H and O–H groups in total. The highest BCUT2D eigenvalue weighted by Crippen LogP contribution is 2.19. The highest BCUT2D eigenvalue weighted by atomic mass is 16.2. The van der Waals surface area contributed by atoms with E-state index in [4.69, 9.17) is 0 Å². The third-order valence-electron chi connectivity index (χ3n) is 5.54. The molecule has 1 aliphatic rings. The molecule has 4 rings (SSSR count). The van der Waals surface area contributed by atoms with Gasteiger partial charge in [0.1, 0.15) is 0 Å². The molecule has 0 radical (unpaired) electrons. The van der Waals surface area contributed by atoms with Crippen LogP contribution in [0.25, 0.3) is 11.0 Å². The Labute approximate surface area is 186 Å². The summed E-state index contributed by atoms with van der Waals surface area (Å²) >= 11 is 0. The zero-order valence-corrected chi connectivity index (χ0v) is 18.1. The Balaban J connectivity index is 1.50. The standard InChI is InChI=1S/C24H27N5O3/c1-17(30)25-18-9-11-19(12-10-18)26-22(31)13-16-29-21-8-4-3-7-20(21)27-23(24(29)32)28-14-5-2-6-15-28/h3-4,7-12H,2,5-6,13-16H2,1H3,(H,25,30)(H,26,31). The van der Waals surface area contributed by atoms with Gasteiger partial charge in [-0.2, -0.15) is 0 Å². The lowest BCUT2D eigenvalue weighted by atomic mass is 10.1. The average Bonchev–Trinajstić information content (AvgIpc) is 2.79. The number of benzene rings is 2. The third-order valence-corrected chi connectivity index (χ3v) is 5.54. The molecular formula is C24H27N5O3. The number of carbonyl (C=O) groups is 2. The first-order valence-electron chi connectivity index (χ1n) is 10.9. The van der Waals surface area contributed by atoms with Crippen molar-refractivity contribution in [1.29, 1.82) is 0 Å². The van der Waals surface area contributed by atoms with E-state index in [0.29, 0.717) is 17.2 Å². The average molecular weight is 434 g/mol. The predicted octanol–water partition coefficient (Wildman–Crippen LogP) is 3.37. The first-order valence-corrected chi connectivity index (χ1v) is 10.9. The summed E-state index contributed by atoms with van der Waals surface area (Å²) in [5.74, 6) is 0.127. The van der Waals surface area contributed by atoms with E-state index in [-0.39, 0.29) is 30.3 Å². The molecule has 3 aromatic rings. The summed E-state index contributed by atoms with van der Waals surface area (Å²) in [4.78, 5) is 43.7. The molecule has 2 heterocycles. The molecule has 166 valence electrons. The van der Waals surface area contributed by atoms with E-state index >= 15 is 0 Å². The summed E-state index contributed by atoms with van der Waals surface area (Å²) in [6.45, 7) is 3.36. The van der Waals surface area contributed by atoms with Gasteiger partial charge in [0.25, 0.3) is 5.56 Å². The van der Waals surface area contributed by atoms with Crippen LogP contribution in [-0.2, 0) is 16.1 Å². The third kappa shape index (κ3) is 4.96. The van der Waals surface area contributed by atoms with Crippen molar-refractivity contribution in [3.63, 3.8) is 0 Å². The Hall–Kier alpha value is -3.68. The van der Waals surface area contributed by atoms with Gasteiger partial charge in [0, 0.05) is 44.4 Å². The number of amides is 2. The number of nitrogens with zero attached hydrogens (tertiary/aromatic N) is 3. The first kappa shape index (κ1) is 21.5. The quantitative estimate of drug-likeness (QED) is 0.621. The first-order chi connectivity index (χ1) is 15.5. The molecule has 0 atom stereocenters. The van der Waals surface area contributed by atoms with Crippen LogP contribution in [-0.4, -0.2) is 34.5 Å². The second-order valence-corrected chi connectivity index (χ2v) is 7.99. The Morgan fingerprint density at radius 2 is 1.59 bits per heavy atom. The molecule has 8 heteroatoms. The molecule has 0 saturated carbocycles. The molecule has 32 heavy (non-hydrogen) atoms. The maximum Gasteiger partial charge on any atom is 0.294 e. The fraction of sp³-hybridized carbons (Fsp3) is 0.333. The minimum absolute atomic E-state index is 0.152. The molecule has 1 fully saturated rings. The van der Waals surface area contributed by atoms with E-state index in [2.05, 4.69) is 20.5 Å². The molecule has 1 aliphatic heterocycles. The fourth-order valence-corrected chi connectivity index (χ4v) is 3.99. The zero-order chi connectivity index (χ0) is 22.5. The van der Waals surface area contributed by atoms with Crippen LogP contribution in [0.2, 0.25) is 0 Å². The van der Waals surface area contributed by atoms with Crippen LogP contribution in [0.15, 0.2) is 53.3 Å². The van der Waals surface area contributed by atoms with Crippen molar-refractivity contribution >= 4 is 40.0 Å². The Morgan fingerprint density at radius 3 is 2.28 bits per heavy atom. The number of rotatable bonds is 6. The smallest absolute Gasteiger partial charge is 0.294 e. The number of para-hydroxylation sites is 2. The molecule has 0 spiro atoms. The van der Waals surface area contributed by atoms with Crippen LogP contribution < -0.4 is 21.1 Å². The van der Waals surface area contributed by atoms with E-state index in [1.165, 1.54) is 13.3 Å². The summed E-state index contributed by atoms with van der Waals surface area (Å²) in [5, 5.41) is 5.53. The van der Waals surface area contributed by atoms with E-state index in [0.717, 1.165) is 37.0 Å². The maximum absolute atomic E-state index is 13.3. The fourth-order valence-electron chi connectivity index (χ4n) is 3.99. The summed E-state index contributed by atoms with van der Waals surface area (Å²) in [5.41, 5.74) is 2.62. The number of hydrogen-bond donors (Lipinski definition) is 2. The van der Waals surface area contributed by atoms with Crippen molar-refractivity contribution in [2.45, 2.75) is 39.2 Å². The van der Waals surface area contributed by atoms with E-state index in [1.54, 1.807) is 28.8 Å². The Morgan fingerprint density at radius 1 is 0.938 bits per heavy atom. The Bertz CT molecular complexity index is 1180. The number of piperidine rings is 1. The van der Waals surface area contributed by atoms with Crippen LogP contribution >= 0.6 is 0 Å². The normalized spacial score (nSPS) is 13.7. The molecular weight excluding hydrogens is 406 g/mol. The number of nitrogens with one attached hydrogen (secondary N) is 2. The maximum atomic E-state index is 13.3. The molecule has 1 saturated heterocycles. The minimum atomic E-state index is -0.190. The summed E-state index contributed by atoms with van der Waals surface area (Å²) in [6, 6.07) is 14.4. The van der Waals surface area contributed by atoms with Gasteiger partial charge in [0.05, 0.1) is 11.0 Å². The zero-order valence-electron chi connectivity index (χ0n) is 18.1. The predicted molar refractivity (Wildman–Crippen MR) is 126 cm³/mol. The van der Waals surface area contributed by atoms with Crippen molar-refractivity contribution in [2.24, 2.45) is 0 Å². The molecule has 1 aromatic heterocycles. The Kier molecular flexibility index (Phi) is 6.49. The molecule has 0 unspecified atom stereocenters. The van der Waals surface area contributed by atoms with Crippen LogP contribution in [0.1, 0.15) is 32.6 Å². The number of carbonyl (C=O) groups excluding carboxylic acids is 2. The number of aromatic nitrogens is 2. The van der Waals surface area contributed by atoms with Gasteiger partial charge >= 0.3 is 0 Å². The number of fused-ring (bicyclic) bond motifs is 1. The number of anilines is 3. The SMILES string of the molecule is CC(=O)Nc1ccc(NC(=O)CCn2c(=O)c(N3CCCCC3)nc3ccccc32)cc1. The molecule has 0 bridgehead atoms. The van der Waals surface area contributed by atoms with E-state index in [1.807, 2.05) is 24.3 Å².